The summed E-state index contributed by atoms with van der Waals surface area (Å²) in [4.78, 5) is 27.2. The second-order valence-corrected chi connectivity index (χ2v) is 5.51. The van der Waals surface area contributed by atoms with E-state index in [0.717, 1.165) is 5.75 Å². The highest BCUT2D eigenvalue weighted by Gasteiger charge is 2.26. The number of carbonyl (C=O) groups excluding carboxylic acids is 2. The SMILES string of the molecule is COCC(=O)N1CCN(C(=O)[C@@H](N)CCSC)CC1. The minimum absolute atomic E-state index is 0.00658. The summed E-state index contributed by atoms with van der Waals surface area (Å²) in [7, 11) is 1.50. The van der Waals surface area contributed by atoms with E-state index >= 15 is 0 Å². The van der Waals surface area contributed by atoms with Crippen LogP contribution in [-0.4, -0.2) is 79.6 Å². The number of hydrogen-bond donors (Lipinski definition) is 1. The zero-order valence-corrected chi connectivity index (χ0v) is 12.4. The maximum atomic E-state index is 12.1. The molecule has 0 spiro atoms. The van der Waals surface area contributed by atoms with Crippen LogP contribution < -0.4 is 5.73 Å². The lowest BCUT2D eigenvalue weighted by molar-refractivity contribution is -0.142. The number of rotatable bonds is 6. The molecular weight excluding hydrogens is 266 g/mol. The van der Waals surface area contributed by atoms with E-state index in [4.69, 9.17) is 10.5 Å². The van der Waals surface area contributed by atoms with Crippen LogP contribution in [0.15, 0.2) is 0 Å². The van der Waals surface area contributed by atoms with Gasteiger partial charge < -0.3 is 20.3 Å². The van der Waals surface area contributed by atoms with Crippen molar-refractivity contribution in [2.75, 3.05) is 51.9 Å². The quantitative estimate of drug-likeness (QED) is 0.705. The van der Waals surface area contributed by atoms with Crippen LogP contribution in [0, 0.1) is 0 Å². The van der Waals surface area contributed by atoms with Gasteiger partial charge in [0.05, 0.1) is 6.04 Å². The van der Waals surface area contributed by atoms with Gasteiger partial charge in [-0.2, -0.15) is 11.8 Å². The van der Waals surface area contributed by atoms with E-state index < -0.39 is 6.04 Å². The first-order valence-electron chi connectivity index (χ1n) is 6.40. The Morgan fingerprint density at radius 2 is 1.84 bits per heavy atom. The van der Waals surface area contributed by atoms with Gasteiger partial charge in [0.25, 0.3) is 0 Å². The summed E-state index contributed by atoms with van der Waals surface area (Å²) < 4.78 is 4.82. The third-order valence-electron chi connectivity index (χ3n) is 3.16. The number of piperazine rings is 1. The van der Waals surface area contributed by atoms with Gasteiger partial charge in [0.2, 0.25) is 11.8 Å². The first kappa shape index (κ1) is 16.3. The van der Waals surface area contributed by atoms with Gasteiger partial charge in [-0.1, -0.05) is 0 Å². The minimum atomic E-state index is -0.423. The van der Waals surface area contributed by atoms with Crippen LogP contribution >= 0.6 is 11.8 Å². The van der Waals surface area contributed by atoms with Gasteiger partial charge >= 0.3 is 0 Å². The Morgan fingerprint density at radius 3 is 2.37 bits per heavy atom. The molecule has 0 aromatic heterocycles. The number of ether oxygens (including phenoxy) is 1. The lowest BCUT2D eigenvalue weighted by atomic mass is 10.2. The Hall–Kier alpha value is -0.790. The van der Waals surface area contributed by atoms with Crippen molar-refractivity contribution in [3.8, 4) is 0 Å². The number of nitrogens with two attached hydrogens (primary N) is 1. The standard InChI is InChI=1S/C12H23N3O3S/c1-18-9-11(16)14-4-6-15(7-5-14)12(17)10(13)3-8-19-2/h10H,3-9,13H2,1-2H3/t10-/m0/s1. The van der Waals surface area contributed by atoms with Crippen molar-refractivity contribution in [3.05, 3.63) is 0 Å². The van der Waals surface area contributed by atoms with Gasteiger partial charge in [0.1, 0.15) is 6.61 Å². The summed E-state index contributed by atoms with van der Waals surface area (Å²) >= 11 is 1.69. The highest BCUT2D eigenvalue weighted by molar-refractivity contribution is 7.98. The van der Waals surface area contributed by atoms with E-state index in [0.29, 0.717) is 32.6 Å². The molecule has 1 aliphatic heterocycles. The zero-order chi connectivity index (χ0) is 14.3. The Labute approximate surface area is 118 Å². The summed E-state index contributed by atoms with van der Waals surface area (Å²) in [5.41, 5.74) is 5.87. The molecule has 0 bridgehead atoms. The van der Waals surface area contributed by atoms with E-state index in [-0.39, 0.29) is 18.4 Å². The van der Waals surface area contributed by atoms with Crippen molar-refractivity contribution in [2.45, 2.75) is 12.5 Å². The summed E-state index contributed by atoms with van der Waals surface area (Å²) in [6.45, 7) is 2.33. The molecule has 2 N–H and O–H groups in total. The molecule has 1 rings (SSSR count). The molecule has 1 heterocycles. The predicted octanol–water partition coefficient (Wildman–Crippen LogP) is -0.616. The zero-order valence-electron chi connectivity index (χ0n) is 11.6. The van der Waals surface area contributed by atoms with Crippen LogP contribution in [0.2, 0.25) is 0 Å². The normalized spacial score (nSPS) is 17.4. The first-order valence-corrected chi connectivity index (χ1v) is 7.79. The van der Waals surface area contributed by atoms with E-state index in [1.54, 1.807) is 21.6 Å². The number of carbonyl (C=O) groups is 2. The van der Waals surface area contributed by atoms with Gasteiger partial charge in [-0.05, 0) is 18.4 Å². The topological polar surface area (TPSA) is 75.9 Å². The Bertz CT molecular complexity index is 307. The van der Waals surface area contributed by atoms with Gasteiger partial charge in [0, 0.05) is 33.3 Å². The van der Waals surface area contributed by atoms with Crippen LogP contribution in [0.1, 0.15) is 6.42 Å². The molecule has 110 valence electrons. The largest absolute Gasteiger partial charge is 0.375 e. The van der Waals surface area contributed by atoms with Crippen LogP contribution in [0.25, 0.3) is 0 Å². The Balaban J connectivity index is 2.36. The molecule has 0 aromatic rings. The number of thioether (sulfide) groups is 1. The molecule has 7 heteroatoms. The molecule has 0 aromatic carbocycles. The second-order valence-electron chi connectivity index (χ2n) is 4.53. The highest BCUT2D eigenvalue weighted by Crippen LogP contribution is 2.07. The fourth-order valence-corrected chi connectivity index (χ4v) is 2.48. The molecule has 1 aliphatic rings. The van der Waals surface area contributed by atoms with Crippen LogP contribution in [0.3, 0.4) is 0 Å². The predicted molar refractivity (Wildman–Crippen MR) is 76.0 cm³/mol. The highest BCUT2D eigenvalue weighted by atomic mass is 32.2. The van der Waals surface area contributed by atoms with Gasteiger partial charge in [-0.15, -0.1) is 0 Å². The van der Waals surface area contributed by atoms with Gasteiger partial charge in [-0.25, -0.2) is 0 Å². The fraction of sp³-hybridized carbons (Fsp3) is 0.833. The maximum absolute atomic E-state index is 12.1. The van der Waals surface area contributed by atoms with Crippen LogP contribution in [-0.2, 0) is 14.3 Å². The second kappa shape index (κ2) is 8.39. The average molecular weight is 289 g/mol. The summed E-state index contributed by atoms with van der Waals surface area (Å²) in [6.07, 6.45) is 2.69. The number of hydrogen-bond acceptors (Lipinski definition) is 5. The minimum Gasteiger partial charge on any atom is -0.375 e. The summed E-state index contributed by atoms with van der Waals surface area (Å²) in [5.74, 6) is 0.855. The number of nitrogens with zero attached hydrogens (tertiary/aromatic N) is 2. The number of methoxy groups -OCH3 is 1. The van der Waals surface area contributed by atoms with Gasteiger partial charge in [0.15, 0.2) is 0 Å². The molecule has 1 saturated heterocycles. The molecule has 6 nitrogen and oxygen atoms in total. The van der Waals surface area contributed by atoms with Crippen molar-refractivity contribution in [2.24, 2.45) is 5.73 Å². The fourth-order valence-electron chi connectivity index (χ4n) is 1.99. The third kappa shape index (κ3) is 5.00. The van der Waals surface area contributed by atoms with Crippen molar-refractivity contribution in [1.29, 1.82) is 0 Å². The van der Waals surface area contributed by atoms with E-state index in [1.165, 1.54) is 7.11 Å². The Morgan fingerprint density at radius 1 is 1.26 bits per heavy atom. The molecule has 1 atom stereocenters. The van der Waals surface area contributed by atoms with Crippen molar-refractivity contribution < 1.29 is 14.3 Å². The molecule has 19 heavy (non-hydrogen) atoms. The summed E-state index contributed by atoms with van der Waals surface area (Å²) in [6, 6.07) is -0.423. The van der Waals surface area contributed by atoms with Crippen LogP contribution in [0.5, 0.6) is 0 Å². The molecule has 0 radical (unpaired) electrons. The van der Waals surface area contributed by atoms with E-state index in [1.807, 2.05) is 6.26 Å². The third-order valence-corrected chi connectivity index (χ3v) is 3.81. The van der Waals surface area contributed by atoms with Crippen molar-refractivity contribution in [3.63, 3.8) is 0 Å². The molecule has 0 unspecified atom stereocenters. The smallest absolute Gasteiger partial charge is 0.248 e. The lowest BCUT2D eigenvalue weighted by Crippen LogP contribution is -2.54. The van der Waals surface area contributed by atoms with Crippen molar-refractivity contribution >= 4 is 23.6 Å². The maximum Gasteiger partial charge on any atom is 0.248 e. The van der Waals surface area contributed by atoms with Crippen molar-refractivity contribution in [1.82, 2.24) is 9.80 Å². The summed E-state index contributed by atoms with van der Waals surface area (Å²) in [5, 5.41) is 0. The molecular formula is C12H23N3O3S. The van der Waals surface area contributed by atoms with Gasteiger partial charge in [-0.3, -0.25) is 9.59 Å². The molecule has 0 aliphatic carbocycles. The average Bonchev–Trinajstić information content (AvgIpc) is 2.44. The Kier molecular flexibility index (Phi) is 7.19. The first-order chi connectivity index (χ1) is 9.10. The van der Waals surface area contributed by atoms with E-state index in [2.05, 4.69) is 0 Å². The van der Waals surface area contributed by atoms with E-state index in [9.17, 15) is 9.59 Å². The molecule has 2 amide bonds. The number of amides is 2. The lowest BCUT2D eigenvalue weighted by Gasteiger charge is -2.35. The molecule has 0 saturated carbocycles. The monoisotopic (exact) mass is 289 g/mol. The molecule has 1 fully saturated rings. The van der Waals surface area contributed by atoms with Crippen LogP contribution in [0.4, 0.5) is 0 Å².